The number of hydrogen-bond donors (Lipinski definition) is 2. The first kappa shape index (κ1) is 10.1. The van der Waals surface area contributed by atoms with E-state index in [1.165, 1.54) is 0 Å². The summed E-state index contributed by atoms with van der Waals surface area (Å²) < 4.78 is 11.5. The van der Waals surface area contributed by atoms with Gasteiger partial charge in [0.05, 0.1) is 0 Å². The lowest BCUT2D eigenvalue weighted by molar-refractivity contribution is -0.118. The summed E-state index contributed by atoms with van der Waals surface area (Å²) in [6.45, 7) is 1.91. The van der Waals surface area contributed by atoms with Crippen LogP contribution >= 0.6 is 0 Å². The summed E-state index contributed by atoms with van der Waals surface area (Å²) in [6, 6.07) is 0.380. The van der Waals surface area contributed by atoms with Crippen molar-refractivity contribution in [2.45, 2.75) is 18.9 Å². The van der Waals surface area contributed by atoms with Crippen molar-refractivity contribution < 1.29 is 9.00 Å². The van der Waals surface area contributed by atoms with Crippen LogP contribution in [0.15, 0.2) is 0 Å². The van der Waals surface area contributed by atoms with E-state index in [2.05, 4.69) is 10.6 Å². The van der Waals surface area contributed by atoms with Crippen LogP contribution < -0.4 is 10.6 Å². The third-order valence-electron chi connectivity index (χ3n) is 2.52. The molecule has 14 heavy (non-hydrogen) atoms. The molecule has 1 unspecified atom stereocenters. The number of carbonyl (C=O) groups is 1. The number of rotatable bonds is 5. The third kappa shape index (κ3) is 3.06. The first-order valence-electron chi connectivity index (χ1n) is 5.09. The molecule has 0 spiro atoms. The lowest BCUT2D eigenvalue weighted by Crippen LogP contribution is -2.45. The van der Waals surface area contributed by atoms with E-state index in [1.54, 1.807) is 0 Å². The fourth-order valence-electron chi connectivity index (χ4n) is 1.43. The number of carbonyl (C=O) groups excluding carboxylic acids is 1. The Morgan fingerprint density at radius 1 is 1.43 bits per heavy atom. The van der Waals surface area contributed by atoms with Crippen molar-refractivity contribution in [3.05, 3.63) is 0 Å². The van der Waals surface area contributed by atoms with E-state index in [1.807, 2.05) is 0 Å². The van der Waals surface area contributed by atoms with Crippen LogP contribution in [-0.2, 0) is 15.6 Å². The van der Waals surface area contributed by atoms with Gasteiger partial charge in [-0.25, -0.2) is 0 Å². The van der Waals surface area contributed by atoms with E-state index in [-0.39, 0.29) is 11.7 Å². The summed E-state index contributed by atoms with van der Waals surface area (Å²) >= 11 is 0. The molecule has 2 rings (SSSR count). The maximum atomic E-state index is 11.5. The van der Waals surface area contributed by atoms with Gasteiger partial charge in [0.2, 0.25) is 5.91 Å². The number of amides is 1. The molecule has 0 bridgehead atoms. The minimum atomic E-state index is -0.970. The summed E-state index contributed by atoms with van der Waals surface area (Å²) in [5.41, 5.74) is 0. The average molecular weight is 216 g/mol. The average Bonchev–Trinajstić information content (AvgIpc) is 2.80. The highest BCUT2D eigenvalue weighted by Crippen LogP contribution is 2.18. The van der Waals surface area contributed by atoms with Crippen molar-refractivity contribution in [3.63, 3.8) is 0 Å². The van der Waals surface area contributed by atoms with E-state index in [0.717, 1.165) is 25.9 Å². The largest absolute Gasteiger partial charge is 0.353 e. The van der Waals surface area contributed by atoms with E-state index < -0.39 is 10.8 Å². The minimum absolute atomic E-state index is 0.0434. The predicted molar refractivity (Wildman–Crippen MR) is 55.4 cm³/mol. The Morgan fingerprint density at radius 3 is 2.64 bits per heavy atom. The molecule has 5 heteroatoms. The lowest BCUT2D eigenvalue weighted by Gasteiger charge is -2.26. The van der Waals surface area contributed by atoms with Crippen LogP contribution in [0.1, 0.15) is 12.8 Å². The van der Waals surface area contributed by atoms with Gasteiger partial charge in [0, 0.05) is 35.7 Å². The van der Waals surface area contributed by atoms with Crippen molar-refractivity contribution >= 4 is 16.7 Å². The van der Waals surface area contributed by atoms with Gasteiger partial charge >= 0.3 is 0 Å². The normalized spacial score (nSPS) is 24.0. The maximum Gasteiger partial charge on any atom is 0.232 e. The molecule has 2 N–H and O–H groups in total. The minimum Gasteiger partial charge on any atom is -0.353 e. The van der Waals surface area contributed by atoms with E-state index in [4.69, 9.17) is 0 Å². The van der Waals surface area contributed by atoms with Crippen molar-refractivity contribution in [1.82, 2.24) is 10.6 Å². The topological polar surface area (TPSA) is 58.2 Å². The van der Waals surface area contributed by atoms with Crippen molar-refractivity contribution in [1.29, 1.82) is 0 Å². The summed E-state index contributed by atoms with van der Waals surface area (Å²) in [5, 5.41) is 5.97. The van der Waals surface area contributed by atoms with Gasteiger partial charge in [-0.1, -0.05) is 0 Å². The monoisotopic (exact) mass is 216 g/mol. The second-order valence-corrected chi connectivity index (χ2v) is 5.62. The Kier molecular flexibility index (Phi) is 3.18. The molecular formula is C9H16N2O2S. The van der Waals surface area contributed by atoms with Gasteiger partial charge in [0.15, 0.2) is 0 Å². The molecule has 4 nitrogen and oxygen atoms in total. The van der Waals surface area contributed by atoms with Gasteiger partial charge in [-0.15, -0.1) is 0 Å². The fourth-order valence-corrected chi connectivity index (χ4v) is 2.69. The summed E-state index contributed by atoms with van der Waals surface area (Å²) in [5.74, 6) is 1.33. The molecule has 80 valence electrons. The van der Waals surface area contributed by atoms with Crippen LogP contribution in [0.5, 0.6) is 0 Å². The standard InChI is InChI=1S/C9H16N2O2S/c12-9(11-8-1-2-8)6-14(13)5-7-3-10-4-7/h7-8,10H,1-6H2,(H,11,12). The molecule has 1 saturated carbocycles. The molecule has 2 aliphatic rings. The summed E-state index contributed by atoms with van der Waals surface area (Å²) in [6.07, 6.45) is 2.18. The quantitative estimate of drug-likeness (QED) is 0.635. The fraction of sp³-hybridized carbons (Fsp3) is 0.889. The van der Waals surface area contributed by atoms with Gasteiger partial charge in [0.25, 0.3) is 0 Å². The van der Waals surface area contributed by atoms with Crippen LogP contribution in [0.4, 0.5) is 0 Å². The molecule has 1 aliphatic carbocycles. The van der Waals surface area contributed by atoms with E-state index >= 15 is 0 Å². The highest BCUT2D eigenvalue weighted by Gasteiger charge is 2.25. The summed E-state index contributed by atoms with van der Waals surface area (Å²) in [4.78, 5) is 11.3. The van der Waals surface area contributed by atoms with Crippen molar-refractivity contribution in [2.24, 2.45) is 5.92 Å². The van der Waals surface area contributed by atoms with Crippen LogP contribution in [0.25, 0.3) is 0 Å². The predicted octanol–water partition coefficient (Wildman–Crippen LogP) is -0.767. The van der Waals surface area contributed by atoms with Gasteiger partial charge < -0.3 is 10.6 Å². The Hall–Kier alpha value is -0.420. The van der Waals surface area contributed by atoms with Crippen LogP contribution in [-0.4, -0.2) is 40.8 Å². The molecule has 1 atom stereocenters. The molecule has 1 heterocycles. The number of nitrogens with one attached hydrogen (secondary N) is 2. The molecule has 2 fully saturated rings. The zero-order chi connectivity index (χ0) is 9.97. The van der Waals surface area contributed by atoms with Gasteiger partial charge in [-0.05, 0) is 18.8 Å². The second kappa shape index (κ2) is 4.40. The summed E-state index contributed by atoms with van der Waals surface area (Å²) in [7, 11) is -0.970. The smallest absolute Gasteiger partial charge is 0.232 e. The molecular weight excluding hydrogens is 200 g/mol. The van der Waals surface area contributed by atoms with E-state index in [0.29, 0.717) is 17.7 Å². The van der Waals surface area contributed by atoms with Crippen LogP contribution in [0.2, 0.25) is 0 Å². The van der Waals surface area contributed by atoms with Gasteiger partial charge in [-0.2, -0.15) is 0 Å². The second-order valence-electron chi connectivity index (χ2n) is 4.12. The molecule has 0 aromatic carbocycles. The first-order valence-corrected chi connectivity index (χ1v) is 6.58. The molecule has 1 aliphatic heterocycles. The van der Waals surface area contributed by atoms with E-state index in [9.17, 15) is 9.00 Å². The van der Waals surface area contributed by atoms with Crippen molar-refractivity contribution in [3.8, 4) is 0 Å². The maximum absolute atomic E-state index is 11.5. The van der Waals surface area contributed by atoms with Crippen LogP contribution in [0.3, 0.4) is 0 Å². The molecule has 0 radical (unpaired) electrons. The molecule has 0 aromatic rings. The molecule has 0 aromatic heterocycles. The van der Waals surface area contributed by atoms with Crippen LogP contribution in [0, 0.1) is 5.92 Å². The number of hydrogen-bond acceptors (Lipinski definition) is 3. The Balaban J connectivity index is 1.62. The Morgan fingerprint density at radius 2 is 2.14 bits per heavy atom. The molecule has 1 saturated heterocycles. The van der Waals surface area contributed by atoms with Gasteiger partial charge in [-0.3, -0.25) is 9.00 Å². The highest BCUT2D eigenvalue weighted by molar-refractivity contribution is 7.85. The van der Waals surface area contributed by atoms with Crippen molar-refractivity contribution in [2.75, 3.05) is 24.6 Å². The highest BCUT2D eigenvalue weighted by atomic mass is 32.2. The Bertz CT molecular complexity index is 249. The zero-order valence-electron chi connectivity index (χ0n) is 8.12. The SMILES string of the molecule is O=C(CS(=O)CC1CNC1)NC1CC1. The third-order valence-corrected chi connectivity index (χ3v) is 3.95. The first-order chi connectivity index (χ1) is 6.74. The van der Waals surface area contributed by atoms with Gasteiger partial charge in [0.1, 0.15) is 5.75 Å². The molecule has 1 amide bonds. The lowest BCUT2D eigenvalue weighted by atomic mass is 10.1. The zero-order valence-corrected chi connectivity index (χ0v) is 8.94. The Labute approximate surface area is 86.3 Å².